The summed E-state index contributed by atoms with van der Waals surface area (Å²) in [5, 5.41) is 15.9. The highest BCUT2D eigenvalue weighted by molar-refractivity contribution is 6.06. The van der Waals surface area contributed by atoms with E-state index in [1.54, 1.807) is 17.1 Å². The zero-order valence-electron chi connectivity index (χ0n) is 14.0. The Bertz CT molecular complexity index is 693. The van der Waals surface area contributed by atoms with E-state index in [0.717, 1.165) is 32.5 Å². The van der Waals surface area contributed by atoms with Gasteiger partial charge in [-0.15, -0.1) is 0 Å². The minimum atomic E-state index is -0.815. The second kappa shape index (κ2) is 6.24. The molecular weight excluding hydrogens is 308 g/mol. The molecule has 0 spiro atoms. The van der Waals surface area contributed by atoms with E-state index in [1.165, 1.54) is 11.9 Å². The lowest BCUT2D eigenvalue weighted by Gasteiger charge is -2.39. The molecule has 1 aromatic rings. The molecule has 1 N–H and O–H groups in total. The molecule has 3 rings (SSSR count). The molecule has 2 saturated heterocycles. The van der Waals surface area contributed by atoms with Crippen LogP contribution in [-0.4, -0.2) is 63.7 Å². The molecule has 8 nitrogen and oxygen atoms in total. The topological polar surface area (TPSA) is 94.3 Å². The van der Waals surface area contributed by atoms with E-state index >= 15 is 0 Å². The predicted molar refractivity (Wildman–Crippen MR) is 85.8 cm³/mol. The van der Waals surface area contributed by atoms with E-state index in [0.29, 0.717) is 12.1 Å². The Morgan fingerprint density at radius 1 is 1.46 bits per heavy atom. The minimum absolute atomic E-state index is 0.0972. The normalized spacial score (nSPS) is 28.0. The Morgan fingerprint density at radius 3 is 2.88 bits per heavy atom. The van der Waals surface area contributed by atoms with Gasteiger partial charge in [-0.2, -0.15) is 10.4 Å². The highest BCUT2D eigenvalue weighted by atomic mass is 16.2. The van der Waals surface area contributed by atoms with Crippen molar-refractivity contribution in [3.8, 4) is 6.07 Å². The van der Waals surface area contributed by atoms with Gasteiger partial charge in [0.1, 0.15) is 11.6 Å². The molecule has 24 heavy (non-hydrogen) atoms. The number of nitrogens with one attached hydrogen (secondary N) is 1. The Hall–Kier alpha value is -2.40. The van der Waals surface area contributed by atoms with Crippen LogP contribution in [0.3, 0.4) is 0 Å². The third-order valence-electron chi connectivity index (χ3n) is 5.15. The van der Waals surface area contributed by atoms with Crippen molar-refractivity contribution < 1.29 is 9.59 Å². The molecule has 0 aromatic carbocycles. The fourth-order valence-corrected chi connectivity index (χ4v) is 3.59. The van der Waals surface area contributed by atoms with Crippen molar-refractivity contribution >= 4 is 11.9 Å². The van der Waals surface area contributed by atoms with E-state index in [4.69, 9.17) is 5.26 Å². The molecule has 8 heteroatoms. The molecule has 2 aliphatic heterocycles. The van der Waals surface area contributed by atoms with E-state index in [-0.39, 0.29) is 17.9 Å². The van der Waals surface area contributed by atoms with Crippen LogP contribution in [0.15, 0.2) is 12.4 Å². The number of carbonyl (C=O) groups is 2. The maximum atomic E-state index is 12.4. The summed E-state index contributed by atoms with van der Waals surface area (Å²) in [5.74, 6) is -0.0509. The van der Waals surface area contributed by atoms with Gasteiger partial charge in [-0.1, -0.05) is 0 Å². The molecule has 2 fully saturated rings. The molecule has 0 saturated carbocycles. The van der Waals surface area contributed by atoms with Crippen molar-refractivity contribution in [3.05, 3.63) is 18.0 Å². The van der Waals surface area contributed by atoms with Gasteiger partial charge < -0.3 is 10.2 Å². The second-order valence-electron chi connectivity index (χ2n) is 6.74. The summed E-state index contributed by atoms with van der Waals surface area (Å²) in [7, 11) is 1.52. The highest BCUT2D eigenvalue weighted by Gasteiger charge is 2.51. The number of urea groups is 1. The molecule has 1 aromatic heterocycles. The number of piperidine rings is 1. The lowest BCUT2D eigenvalue weighted by atomic mass is 9.80. The number of imide groups is 1. The zero-order valence-corrected chi connectivity index (χ0v) is 14.0. The average Bonchev–Trinajstić information content (AvgIpc) is 3.13. The lowest BCUT2D eigenvalue weighted by molar-refractivity contribution is -0.132. The number of amides is 3. The molecule has 2 unspecified atom stereocenters. The van der Waals surface area contributed by atoms with Crippen molar-refractivity contribution in [1.82, 2.24) is 24.9 Å². The monoisotopic (exact) mass is 330 g/mol. The molecule has 0 aliphatic carbocycles. The van der Waals surface area contributed by atoms with Gasteiger partial charge in [-0.05, 0) is 26.3 Å². The minimum Gasteiger partial charge on any atom is -0.323 e. The Kier molecular flexibility index (Phi) is 4.28. The fourth-order valence-electron chi connectivity index (χ4n) is 3.59. The lowest BCUT2D eigenvalue weighted by Crippen LogP contribution is -2.56. The van der Waals surface area contributed by atoms with Crippen molar-refractivity contribution in [2.75, 3.05) is 26.7 Å². The Morgan fingerprint density at radius 2 is 2.25 bits per heavy atom. The van der Waals surface area contributed by atoms with Gasteiger partial charge in [0.15, 0.2) is 0 Å². The maximum absolute atomic E-state index is 12.4. The Balaban J connectivity index is 1.61. The van der Waals surface area contributed by atoms with Gasteiger partial charge in [0, 0.05) is 32.3 Å². The molecule has 0 bridgehead atoms. The summed E-state index contributed by atoms with van der Waals surface area (Å²) in [6.07, 6.45) is 5.21. The largest absolute Gasteiger partial charge is 0.324 e. The van der Waals surface area contributed by atoms with Crippen LogP contribution in [0.25, 0.3) is 0 Å². The predicted octanol–water partition coefficient (Wildman–Crippen LogP) is 0.407. The molecule has 2 aliphatic rings. The number of likely N-dealkylation sites (N-methyl/N-ethyl adjacent to an activating group) is 1. The van der Waals surface area contributed by atoms with Crippen LogP contribution in [0, 0.1) is 17.2 Å². The van der Waals surface area contributed by atoms with Crippen molar-refractivity contribution in [1.29, 1.82) is 5.26 Å². The first kappa shape index (κ1) is 16.5. The van der Waals surface area contributed by atoms with Crippen LogP contribution in [0.2, 0.25) is 0 Å². The maximum Gasteiger partial charge on any atom is 0.324 e. The van der Waals surface area contributed by atoms with Gasteiger partial charge >= 0.3 is 6.03 Å². The van der Waals surface area contributed by atoms with Crippen LogP contribution in [0.1, 0.15) is 25.3 Å². The smallest absolute Gasteiger partial charge is 0.323 e. The summed E-state index contributed by atoms with van der Waals surface area (Å²) in [5.41, 5.74) is -0.259. The van der Waals surface area contributed by atoms with Gasteiger partial charge in [0.2, 0.25) is 0 Å². The van der Waals surface area contributed by atoms with E-state index in [9.17, 15) is 9.59 Å². The summed E-state index contributed by atoms with van der Waals surface area (Å²) in [4.78, 5) is 27.7. The third-order valence-corrected chi connectivity index (χ3v) is 5.15. The van der Waals surface area contributed by atoms with Crippen molar-refractivity contribution in [3.63, 3.8) is 0 Å². The number of aromatic nitrogens is 2. The summed E-state index contributed by atoms with van der Waals surface area (Å²) >= 11 is 0. The third kappa shape index (κ3) is 2.87. The number of likely N-dealkylation sites (tertiary alicyclic amines) is 1. The number of nitrogens with zero attached hydrogens (tertiary/aromatic N) is 5. The van der Waals surface area contributed by atoms with Crippen LogP contribution in [0.5, 0.6) is 0 Å². The van der Waals surface area contributed by atoms with Crippen molar-refractivity contribution in [2.45, 2.75) is 31.8 Å². The van der Waals surface area contributed by atoms with Crippen LogP contribution >= 0.6 is 0 Å². The molecule has 2 atom stereocenters. The molecule has 3 heterocycles. The molecule has 128 valence electrons. The van der Waals surface area contributed by atoms with E-state index in [2.05, 4.69) is 21.4 Å². The summed E-state index contributed by atoms with van der Waals surface area (Å²) in [6.45, 7) is 5.07. The van der Waals surface area contributed by atoms with Gasteiger partial charge in [-0.25, -0.2) is 4.79 Å². The molecular formula is C16H22N6O2. The Labute approximate surface area is 141 Å². The van der Waals surface area contributed by atoms with Gasteiger partial charge in [-0.3, -0.25) is 14.4 Å². The average molecular weight is 330 g/mol. The SMILES string of the molecule is CN1C(=O)NC(C)(C2CCCN(CCn3cc(C#N)cn3)C2)C1=O. The first-order chi connectivity index (χ1) is 11.4. The number of rotatable bonds is 4. The number of hydrogen-bond acceptors (Lipinski definition) is 5. The van der Waals surface area contributed by atoms with Crippen LogP contribution in [0.4, 0.5) is 4.79 Å². The van der Waals surface area contributed by atoms with E-state index in [1.807, 2.05) is 6.92 Å². The highest BCUT2D eigenvalue weighted by Crippen LogP contribution is 2.31. The van der Waals surface area contributed by atoms with Crippen LogP contribution in [-0.2, 0) is 11.3 Å². The molecule has 0 radical (unpaired) electrons. The van der Waals surface area contributed by atoms with Gasteiger partial charge in [0.05, 0.1) is 18.3 Å². The summed E-state index contributed by atoms with van der Waals surface area (Å²) < 4.78 is 1.76. The fraction of sp³-hybridized carbons (Fsp3) is 0.625. The number of carbonyl (C=O) groups excluding carboxylic acids is 2. The van der Waals surface area contributed by atoms with Crippen molar-refractivity contribution in [2.24, 2.45) is 5.92 Å². The van der Waals surface area contributed by atoms with Crippen LogP contribution < -0.4 is 5.32 Å². The standard InChI is InChI=1S/C16H22N6O2/c1-16(14(23)20(2)15(24)19-16)13-4-3-5-21(11-13)6-7-22-10-12(8-17)9-18-22/h9-10,13H,3-7,11H2,1-2H3,(H,19,24). The van der Waals surface area contributed by atoms with E-state index < -0.39 is 5.54 Å². The molecule has 3 amide bonds. The summed E-state index contributed by atoms with van der Waals surface area (Å²) in [6, 6.07) is 1.75. The first-order valence-corrected chi connectivity index (χ1v) is 8.19. The first-order valence-electron chi connectivity index (χ1n) is 8.19. The van der Waals surface area contributed by atoms with Gasteiger partial charge in [0.25, 0.3) is 5.91 Å². The second-order valence-corrected chi connectivity index (χ2v) is 6.74. The number of nitriles is 1. The quantitative estimate of drug-likeness (QED) is 0.807. The zero-order chi connectivity index (χ0) is 17.3. The number of hydrogen-bond donors (Lipinski definition) is 1.